The number of likely N-dealkylation sites (tertiary alicyclic amines) is 1. The van der Waals surface area contributed by atoms with Crippen LogP contribution in [0.3, 0.4) is 0 Å². The van der Waals surface area contributed by atoms with Gasteiger partial charge in [-0.3, -0.25) is 14.4 Å². The van der Waals surface area contributed by atoms with Crippen molar-refractivity contribution >= 4 is 28.4 Å². The van der Waals surface area contributed by atoms with Crippen molar-refractivity contribution < 1.29 is 14.4 Å². The van der Waals surface area contributed by atoms with E-state index in [-0.39, 0.29) is 11.9 Å². The number of Topliss-reactive ketones (excluding diaryl/α,β-unsaturated/α-hetero) is 1. The van der Waals surface area contributed by atoms with Crippen LogP contribution in [0.1, 0.15) is 61.7 Å². The molecular formula is C24H28N2O3. The maximum Gasteiger partial charge on any atom is 0.289 e. The Labute approximate surface area is 171 Å². The average Bonchev–Trinajstić information content (AvgIpc) is 3.10. The van der Waals surface area contributed by atoms with Gasteiger partial charge in [0.15, 0.2) is 0 Å². The molecule has 1 atom stereocenters. The van der Waals surface area contributed by atoms with Gasteiger partial charge in [-0.15, -0.1) is 0 Å². The van der Waals surface area contributed by atoms with E-state index in [4.69, 9.17) is 0 Å². The highest BCUT2D eigenvalue weighted by Gasteiger charge is 2.38. The van der Waals surface area contributed by atoms with Gasteiger partial charge in [-0.05, 0) is 48.6 Å². The third kappa shape index (κ3) is 4.34. The molecule has 1 saturated heterocycles. The summed E-state index contributed by atoms with van der Waals surface area (Å²) < 4.78 is 0. The van der Waals surface area contributed by atoms with Crippen molar-refractivity contribution in [3.63, 3.8) is 0 Å². The third-order valence-electron chi connectivity index (χ3n) is 6.23. The second-order valence-electron chi connectivity index (χ2n) is 8.24. The van der Waals surface area contributed by atoms with Crippen LogP contribution in [0.15, 0.2) is 42.5 Å². The molecule has 1 aliphatic heterocycles. The number of hydrogen-bond acceptors (Lipinski definition) is 3. The zero-order valence-corrected chi connectivity index (χ0v) is 16.7. The number of ketones is 1. The lowest BCUT2D eigenvalue weighted by Gasteiger charge is -2.24. The number of amides is 2. The zero-order chi connectivity index (χ0) is 20.2. The first-order valence-corrected chi connectivity index (χ1v) is 10.8. The Morgan fingerprint density at radius 2 is 1.55 bits per heavy atom. The molecule has 5 nitrogen and oxygen atoms in total. The summed E-state index contributed by atoms with van der Waals surface area (Å²) in [6, 6.07) is 12.9. The van der Waals surface area contributed by atoms with E-state index < -0.39 is 17.7 Å². The van der Waals surface area contributed by atoms with E-state index in [2.05, 4.69) is 5.32 Å². The Bertz CT molecular complexity index is 915. The molecule has 1 N–H and O–H groups in total. The Balaban J connectivity index is 1.46. The first kappa shape index (κ1) is 19.6. The normalized spacial score (nSPS) is 20.4. The summed E-state index contributed by atoms with van der Waals surface area (Å²) >= 11 is 0. The first-order chi connectivity index (χ1) is 14.1. The van der Waals surface area contributed by atoms with Crippen LogP contribution >= 0.6 is 0 Å². The van der Waals surface area contributed by atoms with Crippen LogP contribution in [0.4, 0.5) is 0 Å². The van der Waals surface area contributed by atoms with E-state index in [1.165, 1.54) is 12.8 Å². The fraction of sp³-hybridized carbons (Fsp3) is 0.458. The molecule has 1 saturated carbocycles. The third-order valence-corrected chi connectivity index (χ3v) is 6.23. The first-order valence-electron chi connectivity index (χ1n) is 10.8. The Morgan fingerprint density at radius 3 is 2.31 bits per heavy atom. The van der Waals surface area contributed by atoms with Crippen LogP contribution in [0.5, 0.6) is 0 Å². The predicted octanol–water partition coefficient (Wildman–Crippen LogP) is 3.85. The van der Waals surface area contributed by atoms with E-state index in [1.807, 2.05) is 36.4 Å². The van der Waals surface area contributed by atoms with Crippen LogP contribution in [0.2, 0.25) is 0 Å². The lowest BCUT2D eigenvalue weighted by molar-refractivity contribution is -0.140. The van der Waals surface area contributed by atoms with Crippen LogP contribution < -0.4 is 5.32 Å². The minimum absolute atomic E-state index is 0.0833. The maximum absolute atomic E-state index is 13.1. The van der Waals surface area contributed by atoms with Crippen molar-refractivity contribution in [1.29, 1.82) is 0 Å². The number of hydrogen-bond donors (Lipinski definition) is 1. The SMILES string of the molecule is O=C(NC1CCCCCC1)C(=O)[C@@H]1CCCN1C(=O)c1ccc2ccccc2c1. The van der Waals surface area contributed by atoms with Gasteiger partial charge in [0.1, 0.15) is 6.04 Å². The summed E-state index contributed by atoms with van der Waals surface area (Å²) in [6.45, 7) is 0.513. The molecule has 29 heavy (non-hydrogen) atoms. The van der Waals surface area contributed by atoms with Crippen molar-refractivity contribution in [3.05, 3.63) is 48.0 Å². The second kappa shape index (κ2) is 8.76. The highest BCUT2D eigenvalue weighted by atomic mass is 16.2. The second-order valence-corrected chi connectivity index (χ2v) is 8.24. The van der Waals surface area contributed by atoms with Gasteiger partial charge in [0, 0.05) is 18.2 Å². The van der Waals surface area contributed by atoms with Gasteiger partial charge in [0.25, 0.3) is 11.8 Å². The van der Waals surface area contributed by atoms with Crippen molar-refractivity contribution in [2.75, 3.05) is 6.54 Å². The van der Waals surface area contributed by atoms with Crippen molar-refractivity contribution in [2.24, 2.45) is 0 Å². The number of benzene rings is 2. The minimum atomic E-state index is -0.653. The van der Waals surface area contributed by atoms with Crippen LogP contribution in [-0.4, -0.2) is 41.1 Å². The van der Waals surface area contributed by atoms with Gasteiger partial charge >= 0.3 is 0 Å². The summed E-state index contributed by atoms with van der Waals surface area (Å²) in [7, 11) is 0. The molecule has 2 fully saturated rings. The van der Waals surface area contributed by atoms with Gasteiger partial charge in [-0.25, -0.2) is 0 Å². The molecule has 0 spiro atoms. The molecule has 2 aliphatic rings. The van der Waals surface area contributed by atoms with Crippen molar-refractivity contribution in [2.45, 2.75) is 63.5 Å². The molecule has 2 amide bonds. The van der Waals surface area contributed by atoms with E-state index in [1.54, 1.807) is 11.0 Å². The number of carbonyl (C=O) groups is 3. The van der Waals surface area contributed by atoms with Gasteiger partial charge in [0.2, 0.25) is 5.78 Å². The van der Waals surface area contributed by atoms with Crippen molar-refractivity contribution in [3.8, 4) is 0 Å². The number of rotatable bonds is 4. The molecule has 0 radical (unpaired) electrons. The molecule has 5 heteroatoms. The quantitative estimate of drug-likeness (QED) is 0.635. The van der Waals surface area contributed by atoms with E-state index >= 15 is 0 Å². The molecule has 0 bridgehead atoms. The molecule has 152 valence electrons. The zero-order valence-electron chi connectivity index (χ0n) is 16.7. The molecule has 0 unspecified atom stereocenters. The van der Waals surface area contributed by atoms with Crippen LogP contribution in [0.25, 0.3) is 10.8 Å². The maximum atomic E-state index is 13.1. The summed E-state index contributed by atoms with van der Waals surface area (Å²) in [5.74, 6) is -1.17. The number of nitrogens with one attached hydrogen (secondary N) is 1. The number of carbonyl (C=O) groups excluding carboxylic acids is 3. The highest BCUT2D eigenvalue weighted by Crippen LogP contribution is 2.24. The molecule has 2 aromatic carbocycles. The van der Waals surface area contributed by atoms with Crippen LogP contribution in [-0.2, 0) is 9.59 Å². The van der Waals surface area contributed by atoms with Crippen molar-refractivity contribution in [1.82, 2.24) is 10.2 Å². The highest BCUT2D eigenvalue weighted by molar-refractivity contribution is 6.38. The summed E-state index contributed by atoms with van der Waals surface area (Å²) in [5, 5.41) is 4.99. The lowest BCUT2D eigenvalue weighted by Crippen LogP contribution is -2.48. The Kier molecular flexibility index (Phi) is 5.93. The topological polar surface area (TPSA) is 66.5 Å². The Morgan fingerprint density at radius 1 is 0.828 bits per heavy atom. The largest absolute Gasteiger partial charge is 0.347 e. The predicted molar refractivity (Wildman–Crippen MR) is 113 cm³/mol. The van der Waals surface area contributed by atoms with Gasteiger partial charge in [-0.2, -0.15) is 0 Å². The number of fused-ring (bicyclic) bond motifs is 1. The Hall–Kier alpha value is -2.69. The molecule has 4 rings (SSSR count). The van der Waals surface area contributed by atoms with E-state index in [0.717, 1.165) is 42.9 Å². The van der Waals surface area contributed by atoms with Gasteiger partial charge < -0.3 is 10.2 Å². The summed E-state index contributed by atoms with van der Waals surface area (Å²) in [4.78, 5) is 40.1. The monoisotopic (exact) mass is 392 g/mol. The molecule has 2 aromatic rings. The molecular weight excluding hydrogens is 364 g/mol. The fourth-order valence-electron chi connectivity index (χ4n) is 4.60. The van der Waals surface area contributed by atoms with Gasteiger partial charge in [0.05, 0.1) is 0 Å². The molecule has 0 aromatic heterocycles. The van der Waals surface area contributed by atoms with E-state index in [0.29, 0.717) is 18.5 Å². The van der Waals surface area contributed by atoms with E-state index in [9.17, 15) is 14.4 Å². The average molecular weight is 392 g/mol. The number of nitrogens with zero attached hydrogens (tertiary/aromatic N) is 1. The lowest BCUT2D eigenvalue weighted by atomic mass is 10.0. The summed E-state index contributed by atoms with van der Waals surface area (Å²) in [6.07, 6.45) is 7.73. The van der Waals surface area contributed by atoms with Crippen LogP contribution in [0, 0.1) is 0 Å². The molecule has 1 aliphatic carbocycles. The van der Waals surface area contributed by atoms with Gasteiger partial charge in [-0.1, -0.05) is 56.0 Å². The standard InChI is InChI=1S/C24H28N2O3/c27-22(23(28)25-20-10-3-1-2-4-11-20)21-12-7-15-26(21)24(29)19-14-13-17-8-5-6-9-18(17)16-19/h5-6,8-9,13-14,16,20-21H,1-4,7,10-12,15H2,(H,25,28)/t21-/m0/s1. The summed E-state index contributed by atoms with van der Waals surface area (Å²) in [5.41, 5.74) is 0.563. The fourth-order valence-corrected chi connectivity index (χ4v) is 4.60. The minimum Gasteiger partial charge on any atom is -0.347 e. The smallest absolute Gasteiger partial charge is 0.289 e. The molecule has 1 heterocycles.